The summed E-state index contributed by atoms with van der Waals surface area (Å²) in [7, 11) is 5.90. The Kier molecular flexibility index (Phi) is 6.01. The molecule has 1 atom stereocenters. The largest absolute Gasteiger partial charge is 0.349 e. The SMILES string of the molecule is CN(C)C(CNC(=O)c1cc(C(C)(C)C)nn1C)Cc1ccccc1. The van der Waals surface area contributed by atoms with Gasteiger partial charge in [-0.05, 0) is 32.1 Å². The lowest BCUT2D eigenvalue weighted by atomic mass is 9.92. The maximum Gasteiger partial charge on any atom is 0.269 e. The van der Waals surface area contributed by atoms with Crippen LogP contribution < -0.4 is 5.32 Å². The van der Waals surface area contributed by atoms with Crippen LogP contribution in [0.3, 0.4) is 0 Å². The minimum absolute atomic E-state index is 0.0736. The van der Waals surface area contributed by atoms with Crippen LogP contribution in [-0.4, -0.2) is 47.3 Å². The summed E-state index contributed by atoms with van der Waals surface area (Å²) >= 11 is 0. The molecule has 0 aliphatic heterocycles. The Balaban J connectivity index is 2.03. The smallest absolute Gasteiger partial charge is 0.269 e. The van der Waals surface area contributed by atoms with Gasteiger partial charge in [-0.2, -0.15) is 5.10 Å². The summed E-state index contributed by atoms with van der Waals surface area (Å²) in [5.41, 5.74) is 2.72. The van der Waals surface area contributed by atoms with Crippen molar-refractivity contribution in [2.45, 2.75) is 38.6 Å². The van der Waals surface area contributed by atoms with Crippen molar-refractivity contribution in [2.75, 3.05) is 20.6 Å². The van der Waals surface area contributed by atoms with Gasteiger partial charge in [0.15, 0.2) is 0 Å². The molecule has 0 bridgehead atoms. The van der Waals surface area contributed by atoms with Crippen molar-refractivity contribution in [2.24, 2.45) is 7.05 Å². The van der Waals surface area contributed by atoms with Gasteiger partial charge < -0.3 is 10.2 Å². The van der Waals surface area contributed by atoms with Crippen LogP contribution in [0.25, 0.3) is 0 Å². The van der Waals surface area contributed by atoms with E-state index >= 15 is 0 Å². The van der Waals surface area contributed by atoms with Crippen LogP contribution >= 0.6 is 0 Å². The molecule has 0 radical (unpaired) electrons. The third-order valence-electron chi connectivity index (χ3n) is 4.42. The zero-order valence-corrected chi connectivity index (χ0v) is 16.2. The molecule has 0 aliphatic carbocycles. The molecule has 1 N–H and O–H groups in total. The fourth-order valence-electron chi connectivity index (χ4n) is 2.67. The maximum absolute atomic E-state index is 12.6. The standard InChI is InChI=1S/C20H30N4O/c1-20(2,3)18-13-17(24(6)22-18)19(25)21-14-16(23(4)5)12-15-10-8-7-9-11-15/h7-11,13,16H,12,14H2,1-6H3,(H,21,25). The van der Waals surface area contributed by atoms with E-state index in [-0.39, 0.29) is 17.4 Å². The molecule has 1 unspecified atom stereocenters. The molecule has 1 aromatic carbocycles. The van der Waals surface area contributed by atoms with Crippen molar-refractivity contribution in [3.05, 3.63) is 53.3 Å². The van der Waals surface area contributed by atoms with Gasteiger partial charge in [0.05, 0.1) is 5.69 Å². The van der Waals surface area contributed by atoms with Crippen LogP contribution in [-0.2, 0) is 18.9 Å². The number of carbonyl (C=O) groups is 1. The van der Waals surface area contributed by atoms with Gasteiger partial charge >= 0.3 is 0 Å². The Labute approximate surface area is 151 Å². The molecule has 0 saturated heterocycles. The summed E-state index contributed by atoms with van der Waals surface area (Å²) in [5.74, 6) is -0.0783. The second-order valence-corrected chi connectivity index (χ2v) is 7.81. The van der Waals surface area contributed by atoms with Crippen molar-refractivity contribution in [1.82, 2.24) is 20.0 Å². The Morgan fingerprint density at radius 2 is 1.88 bits per heavy atom. The molecular weight excluding hydrogens is 312 g/mol. The molecule has 0 aliphatic rings. The van der Waals surface area contributed by atoms with Crippen LogP contribution in [0.5, 0.6) is 0 Å². The number of likely N-dealkylation sites (N-methyl/N-ethyl adjacent to an activating group) is 1. The number of benzene rings is 1. The van der Waals surface area contributed by atoms with Crippen LogP contribution in [0.15, 0.2) is 36.4 Å². The van der Waals surface area contributed by atoms with E-state index < -0.39 is 0 Å². The van der Waals surface area contributed by atoms with Crippen LogP contribution in [0, 0.1) is 0 Å². The molecule has 136 valence electrons. The number of aromatic nitrogens is 2. The predicted octanol–water partition coefficient (Wildman–Crippen LogP) is 2.62. The van der Waals surface area contributed by atoms with E-state index in [9.17, 15) is 4.79 Å². The van der Waals surface area contributed by atoms with E-state index in [1.807, 2.05) is 45.4 Å². The number of hydrogen-bond acceptors (Lipinski definition) is 3. The first-order valence-corrected chi connectivity index (χ1v) is 8.71. The van der Waals surface area contributed by atoms with Gasteiger partial charge in [0.1, 0.15) is 5.69 Å². The minimum Gasteiger partial charge on any atom is -0.349 e. The van der Waals surface area contributed by atoms with Crippen molar-refractivity contribution in [3.63, 3.8) is 0 Å². The van der Waals surface area contributed by atoms with Gasteiger partial charge in [-0.3, -0.25) is 9.48 Å². The Morgan fingerprint density at radius 3 is 2.40 bits per heavy atom. The van der Waals surface area contributed by atoms with Gasteiger partial charge in [-0.1, -0.05) is 51.1 Å². The highest BCUT2D eigenvalue weighted by Crippen LogP contribution is 2.21. The second kappa shape index (κ2) is 7.83. The molecule has 1 aromatic heterocycles. The summed E-state index contributed by atoms with van der Waals surface area (Å²) in [6, 6.07) is 12.5. The van der Waals surface area contributed by atoms with E-state index in [0.717, 1.165) is 12.1 Å². The van der Waals surface area contributed by atoms with Crippen molar-refractivity contribution in [3.8, 4) is 0 Å². The third-order valence-corrected chi connectivity index (χ3v) is 4.42. The molecule has 0 fully saturated rings. The Morgan fingerprint density at radius 1 is 1.24 bits per heavy atom. The molecule has 1 amide bonds. The van der Waals surface area contributed by atoms with Gasteiger partial charge in [0.2, 0.25) is 0 Å². The zero-order chi connectivity index (χ0) is 18.6. The fraction of sp³-hybridized carbons (Fsp3) is 0.500. The monoisotopic (exact) mass is 342 g/mol. The Hall–Kier alpha value is -2.14. The van der Waals surface area contributed by atoms with Gasteiger partial charge in [-0.15, -0.1) is 0 Å². The summed E-state index contributed by atoms with van der Waals surface area (Å²) in [4.78, 5) is 14.7. The van der Waals surface area contributed by atoms with Crippen LogP contribution in [0.1, 0.15) is 42.5 Å². The Bertz CT molecular complexity index is 698. The van der Waals surface area contributed by atoms with Crippen LogP contribution in [0.2, 0.25) is 0 Å². The van der Waals surface area contributed by atoms with E-state index in [4.69, 9.17) is 0 Å². The summed E-state index contributed by atoms with van der Waals surface area (Å²) in [6.07, 6.45) is 0.896. The second-order valence-electron chi connectivity index (χ2n) is 7.81. The maximum atomic E-state index is 12.6. The molecule has 1 heterocycles. The number of amides is 1. The lowest BCUT2D eigenvalue weighted by Gasteiger charge is -2.24. The van der Waals surface area contributed by atoms with Crippen molar-refractivity contribution >= 4 is 5.91 Å². The zero-order valence-electron chi connectivity index (χ0n) is 16.2. The normalized spacial score (nSPS) is 13.1. The fourth-order valence-corrected chi connectivity index (χ4v) is 2.67. The molecular formula is C20H30N4O. The topological polar surface area (TPSA) is 50.2 Å². The number of nitrogens with one attached hydrogen (secondary N) is 1. The van der Waals surface area contributed by atoms with Gasteiger partial charge in [-0.25, -0.2) is 0 Å². The lowest BCUT2D eigenvalue weighted by molar-refractivity contribution is 0.0932. The van der Waals surface area contributed by atoms with Gasteiger partial charge in [0.25, 0.3) is 5.91 Å². The summed E-state index contributed by atoms with van der Waals surface area (Å²) < 4.78 is 1.66. The summed E-state index contributed by atoms with van der Waals surface area (Å²) in [5, 5.41) is 7.54. The molecule has 5 heteroatoms. The highest BCUT2D eigenvalue weighted by Gasteiger charge is 2.22. The van der Waals surface area contributed by atoms with Crippen molar-refractivity contribution in [1.29, 1.82) is 0 Å². The van der Waals surface area contributed by atoms with Gasteiger partial charge in [0, 0.05) is 25.0 Å². The number of nitrogens with zero attached hydrogens (tertiary/aromatic N) is 3. The average molecular weight is 342 g/mol. The first-order valence-electron chi connectivity index (χ1n) is 8.71. The first kappa shape index (κ1) is 19.2. The number of carbonyl (C=O) groups excluding carboxylic acids is 1. The van der Waals surface area contributed by atoms with E-state index in [0.29, 0.717) is 12.2 Å². The minimum atomic E-state index is -0.0783. The first-order chi connectivity index (χ1) is 11.7. The van der Waals surface area contributed by atoms with E-state index in [1.165, 1.54) is 5.56 Å². The lowest BCUT2D eigenvalue weighted by Crippen LogP contribution is -2.42. The molecule has 25 heavy (non-hydrogen) atoms. The predicted molar refractivity (Wildman–Crippen MR) is 102 cm³/mol. The van der Waals surface area contributed by atoms with E-state index in [1.54, 1.807) is 4.68 Å². The highest BCUT2D eigenvalue weighted by atomic mass is 16.2. The average Bonchev–Trinajstić information content (AvgIpc) is 2.94. The number of hydrogen-bond donors (Lipinski definition) is 1. The van der Waals surface area contributed by atoms with E-state index in [2.05, 4.69) is 48.2 Å². The molecule has 2 aromatic rings. The third kappa shape index (κ3) is 5.16. The molecule has 5 nitrogen and oxygen atoms in total. The number of rotatable bonds is 6. The summed E-state index contributed by atoms with van der Waals surface area (Å²) in [6.45, 7) is 6.88. The molecule has 0 saturated carbocycles. The molecule has 0 spiro atoms. The van der Waals surface area contributed by atoms with Crippen LogP contribution in [0.4, 0.5) is 0 Å². The molecule has 2 rings (SSSR count). The highest BCUT2D eigenvalue weighted by molar-refractivity contribution is 5.92. The quantitative estimate of drug-likeness (QED) is 0.878. The number of aryl methyl sites for hydroxylation is 1. The van der Waals surface area contributed by atoms with Crippen molar-refractivity contribution < 1.29 is 4.79 Å².